The molecule has 2 aromatic heterocycles. The van der Waals surface area contributed by atoms with E-state index in [9.17, 15) is 14.0 Å². The number of aromatic nitrogens is 2. The summed E-state index contributed by atoms with van der Waals surface area (Å²) >= 11 is 0. The molecule has 5 nitrogen and oxygen atoms in total. The lowest BCUT2D eigenvalue weighted by Crippen LogP contribution is -2.21. The van der Waals surface area contributed by atoms with Crippen molar-refractivity contribution in [3.63, 3.8) is 0 Å². The molecule has 0 N–H and O–H groups in total. The molecule has 6 heteroatoms. The Kier molecular flexibility index (Phi) is 3.42. The highest BCUT2D eigenvalue weighted by atomic mass is 19.1. The van der Waals surface area contributed by atoms with Crippen LogP contribution in [-0.4, -0.2) is 15.7 Å². The molecule has 22 heavy (non-hydrogen) atoms. The number of aryl methyl sites for hydroxylation is 1. The molecule has 0 saturated carbocycles. The standard InChI is InChI=1S/C16H11FN2O3/c1-10-5-4-8-19-14(10)18-15(11(9-20)16(19)21)22-13-7-3-2-6-12(13)17/h2-9H,1H3. The number of carbonyl (C=O) groups excluding carboxylic acids is 1. The predicted octanol–water partition coefficient (Wildman–Crippen LogP) is 2.75. The van der Waals surface area contributed by atoms with E-state index in [1.165, 1.54) is 28.8 Å². The van der Waals surface area contributed by atoms with Crippen molar-refractivity contribution in [3.05, 3.63) is 69.9 Å². The van der Waals surface area contributed by atoms with E-state index in [0.717, 1.165) is 5.56 Å². The van der Waals surface area contributed by atoms with Crippen LogP contribution in [0.5, 0.6) is 11.6 Å². The van der Waals surface area contributed by atoms with Gasteiger partial charge in [-0.3, -0.25) is 14.0 Å². The Labute approximate surface area is 124 Å². The number of hydrogen-bond donors (Lipinski definition) is 0. The molecule has 0 atom stereocenters. The lowest BCUT2D eigenvalue weighted by molar-refractivity contribution is 0.111. The Balaban J connectivity index is 2.25. The van der Waals surface area contributed by atoms with Crippen molar-refractivity contribution < 1.29 is 13.9 Å². The van der Waals surface area contributed by atoms with E-state index in [0.29, 0.717) is 11.9 Å². The summed E-state index contributed by atoms with van der Waals surface area (Å²) in [6.45, 7) is 1.77. The zero-order valence-corrected chi connectivity index (χ0v) is 11.6. The molecule has 0 saturated heterocycles. The van der Waals surface area contributed by atoms with E-state index in [-0.39, 0.29) is 17.2 Å². The third-order valence-corrected chi connectivity index (χ3v) is 3.21. The summed E-state index contributed by atoms with van der Waals surface area (Å²) in [4.78, 5) is 27.7. The number of hydrogen-bond acceptors (Lipinski definition) is 4. The number of para-hydroxylation sites is 1. The minimum absolute atomic E-state index is 0.101. The number of nitrogens with zero attached hydrogens (tertiary/aromatic N) is 2. The molecule has 0 aliphatic carbocycles. The number of halogens is 1. The van der Waals surface area contributed by atoms with E-state index in [1.807, 2.05) is 0 Å². The van der Waals surface area contributed by atoms with Crippen molar-refractivity contribution in [3.8, 4) is 11.6 Å². The van der Waals surface area contributed by atoms with Crippen LogP contribution >= 0.6 is 0 Å². The first-order valence-electron chi connectivity index (χ1n) is 6.51. The summed E-state index contributed by atoms with van der Waals surface area (Å²) in [5.41, 5.74) is 0.265. The van der Waals surface area contributed by atoms with Crippen LogP contribution in [0.15, 0.2) is 47.4 Å². The van der Waals surface area contributed by atoms with Crippen LogP contribution < -0.4 is 10.3 Å². The molecule has 0 radical (unpaired) electrons. The summed E-state index contributed by atoms with van der Waals surface area (Å²) in [5.74, 6) is -0.916. The van der Waals surface area contributed by atoms with Gasteiger partial charge in [0.05, 0.1) is 0 Å². The fraction of sp³-hybridized carbons (Fsp3) is 0.0625. The smallest absolute Gasteiger partial charge is 0.272 e. The average Bonchev–Trinajstić information content (AvgIpc) is 2.51. The second kappa shape index (κ2) is 5.40. The van der Waals surface area contributed by atoms with Crippen molar-refractivity contribution in [1.29, 1.82) is 0 Å². The Morgan fingerprint density at radius 2 is 2.00 bits per heavy atom. The second-order valence-corrected chi connectivity index (χ2v) is 4.67. The zero-order valence-electron chi connectivity index (χ0n) is 11.6. The van der Waals surface area contributed by atoms with Gasteiger partial charge in [0.2, 0.25) is 5.88 Å². The quantitative estimate of drug-likeness (QED) is 0.698. The minimum atomic E-state index is -0.605. The highest BCUT2D eigenvalue weighted by molar-refractivity contribution is 5.78. The zero-order chi connectivity index (χ0) is 15.7. The molecule has 3 aromatic rings. The van der Waals surface area contributed by atoms with Crippen molar-refractivity contribution in [2.45, 2.75) is 6.92 Å². The van der Waals surface area contributed by atoms with Gasteiger partial charge >= 0.3 is 0 Å². The van der Waals surface area contributed by atoms with E-state index in [2.05, 4.69) is 4.98 Å². The van der Waals surface area contributed by atoms with Gasteiger partial charge in [0.25, 0.3) is 5.56 Å². The molecule has 0 unspecified atom stereocenters. The molecular weight excluding hydrogens is 287 g/mol. The van der Waals surface area contributed by atoms with Gasteiger partial charge in [-0.25, -0.2) is 4.39 Å². The number of ether oxygens (including phenoxy) is 1. The van der Waals surface area contributed by atoms with Gasteiger partial charge in [-0.05, 0) is 30.7 Å². The molecular formula is C16H11FN2O3. The van der Waals surface area contributed by atoms with Crippen LogP contribution in [0.25, 0.3) is 5.65 Å². The molecule has 110 valence electrons. The number of rotatable bonds is 3. The highest BCUT2D eigenvalue weighted by Crippen LogP contribution is 2.24. The van der Waals surface area contributed by atoms with Gasteiger partial charge in [-0.2, -0.15) is 4.98 Å². The highest BCUT2D eigenvalue weighted by Gasteiger charge is 2.16. The number of pyridine rings is 1. The van der Waals surface area contributed by atoms with Crippen molar-refractivity contribution in [2.24, 2.45) is 0 Å². The summed E-state index contributed by atoms with van der Waals surface area (Å²) in [7, 11) is 0. The topological polar surface area (TPSA) is 60.7 Å². The van der Waals surface area contributed by atoms with Crippen molar-refractivity contribution in [2.75, 3.05) is 0 Å². The largest absolute Gasteiger partial charge is 0.435 e. The van der Waals surface area contributed by atoms with Gasteiger partial charge in [0, 0.05) is 6.20 Å². The van der Waals surface area contributed by atoms with Crippen molar-refractivity contribution in [1.82, 2.24) is 9.38 Å². The lowest BCUT2D eigenvalue weighted by Gasteiger charge is -2.10. The van der Waals surface area contributed by atoms with Crippen LogP contribution in [0.3, 0.4) is 0 Å². The van der Waals surface area contributed by atoms with Gasteiger partial charge < -0.3 is 4.74 Å². The predicted molar refractivity (Wildman–Crippen MR) is 78.1 cm³/mol. The molecule has 0 aliphatic rings. The average molecular weight is 298 g/mol. The third-order valence-electron chi connectivity index (χ3n) is 3.21. The Morgan fingerprint density at radius 1 is 1.23 bits per heavy atom. The molecule has 2 heterocycles. The molecule has 0 aliphatic heterocycles. The van der Waals surface area contributed by atoms with Crippen LogP contribution in [0.1, 0.15) is 15.9 Å². The van der Waals surface area contributed by atoms with E-state index in [4.69, 9.17) is 4.74 Å². The molecule has 0 amide bonds. The Bertz CT molecular complexity index is 934. The van der Waals surface area contributed by atoms with E-state index >= 15 is 0 Å². The second-order valence-electron chi connectivity index (χ2n) is 4.67. The van der Waals surface area contributed by atoms with E-state index in [1.54, 1.807) is 25.1 Å². The third kappa shape index (κ3) is 2.24. The molecule has 0 fully saturated rings. The van der Waals surface area contributed by atoms with E-state index < -0.39 is 11.4 Å². The number of carbonyl (C=O) groups is 1. The molecule has 0 spiro atoms. The minimum Gasteiger partial charge on any atom is -0.435 e. The summed E-state index contributed by atoms with van der Waals surface area (Å²) < 4.78 is 20.3. The van der Waals surface area contributed by atoms with Crippen molar-refractivity contribution >= 4 is 11.9 Å². The first-order valence-corrected chi connectivity index (χ1v) is 6.51. The Morgan fingerprint density at radius 3 is 2.73 bits per heavy atom. The van der Waals surface area contributed by atoms with Gasteiger partial charge in [0.1, 0.15) is 11.2 Å². The van der Waals surface area contributed by atoms with Gasteiger partial charge in [-0.15, -0.1) is 0 Å². The fourth-order valence-corrected chi connectivity index (χ4v) is 2.10. The lowest BCUT2D eigenvalue weighted by atomic mass is 10.2. The number of aldehydes is 1. The van der Waals surface area contributed by atoms with Crippen LogP contribution in [0, 0.1) is 12.7 Å². The normalized spacial score (nSPS) is 10.6. The summed E-state index contributed by atoms with van der Waals surface area (Å²) in [6, 6.07) is 9.15. The molecule has 1 aromatic carbocycles. The van der Waals surface area contributed by atoms with Crippen LogP contribution in [-0.2, 0) is 0 Å². The SMILES string of the molecule is Cc1cccn2c(=O)c(C=O)c(Oc3ccccc3F)nc12. The first-order chi connectivity index (χ1) is 10.6. The maximum absolute atomic E-state index is 13.7. The van der Waals surface area contributed by atoms with Gasteiger partial charge in [-0.1, -0.05) is 18.2 Å². The maximum Gasteiger partial charge on any atom is 0.272 e. The van der Waals surface area contributed by atoms with Gasteiger partial charge in [0.15, 0.2) is 17.9 Å². The van der Waals surface area contributed by atoms with Crippen LogP contribution in [0.2, 0.25) is 0 Å². The van der Waals surface area contributed by atoms with Crippen LogP contribution in [0.4, 0.5) is 4.39 Å². The number of benzene rings is 1. The Hall–Kier alpha value is -3.02. The molecule has 3 rings (SSSR count). The summed E-state index contributed by atoms with van der Waals surface area (Å²) in [5, 5.41) is 0. The fourth-order valence-electron chi connectivity index (χ4n) is 2.10. The summed E-state index contributed by atoms with van der Waals surface area (Å²) in [6.07, 6.45) is 1.87. The maximum atomic E-state index is 13.7. The number of fused-ring (bicyclic) bond motifs is 1. The first kappa shape index (κ1) is 13.9. The monoisotopic (exact) mass is 298 g/mol. The molecule has 0 bridgehead atoms.